The number of tetrazole rings is 1. The first kappa shape index (κ1) is 33.5. The van der Waals surface area contributed by atoms with Gasteiger partial charge in [0.05, 0.1) is 31.8 Å². The lowest BCUT2D eigenvalue weighted by Gasteiger charge is -2.71. The number of nitrogens with two attached hydrogens (primary N) is 2. The van der Waals surface area contributed by atoms with E-state index < -0.39 is 11.9 Å². The van der Waals surface area contributed by atoms with Crippen LogP contribution in [0.4, 0.5) is 5.95 Å². The van der Waals surface area contributed by atoms with Gasteiger partial charge >= 0.3 is 5.97 Å². The molecule has 47 heavy (non-hydrogen) atoms. The Kier molecular flexibility index (Phi) is 7.82. The maximum absolute atomic E-state index is 13.4. The van der Waals surface area contributed by atoms with Crippen molar-refractivity contribution >= 4 is 11.9 Å². The van der Waals surface area contributed by atoms with E-state index in [0.717, 1.165) is 64.2 Å². The summed E-state index contributed by atoms with van der Waals surface area (Å²) in [5.74, 6) is 0.526. The van der Waals surface area contributed by atoms with E-state index in [1.807, 2.05) is 0 Å². The maximum Gasteiger partial charge on any atom is 0.307 e. The highest BCUT2D eigenvalue weighted by atomic mass is 16.5. The molecule has 2 bridgehead atoms. The Hall–Kier alpha value is -2.04. The minimum absolute atomic E-state index is 0.142. The Bertz CT molecular complexity index is 1420. The zero-order chi connectivity index (χ0) is 33.8. The number of nitrogens with zero attached hydrogens (tertiary/aromatic N) is 4. The molecule has 4 saturated carbocycles. The second-order valence-electron chi connectivity index (χ2n) is 18.4. The Morgan fingerprint density at radius 2 is 1.81 bits per heavy atom. The molecular formula is C37H60N6O4. The minimum atomic E-state index is -0.627. The Labute approximate surface area is 281 Å². The van der Waals surface area contributed by atoms with E-state index in [0.29, 0.717) is 43.5 Å². The molecule has 1 aliphatic heterocycles. The lowest BCUT2D eigenvalue weighted by atomic mass is 9.34. The van der Waals surface area contributed by atoms with Gasteiger partial charge in [0.15, 0.2) is 0 Å². The average molecular weight is 653 g/mol. The van der Waals surface area contributed by atoms with Crippen LogP contribution in [-0.2, 0) is 14.3 Å². The quantitative estimate of drug-likeness (QED) is 0.299. The lowest BCUT2D eigenvalue weighted by molar-refractivity contribution is -0.253. The van der Waals surface area contributed by atoms with E-state index in [2.05, 4.69) is 70.0 Å². The summed E-state index contributed by atoms with van der Waals surface area (Å²) in [5.41, 5.74) is 12.8. The molecule has 2 heterocycles. The molecule has 1 unspecified atom stereocenters. The summed E-state index contributed by atoms with van der Waals surface area (Å²) >= 11 is 0. The number of fused-ring (bicyclic) bond motifs is 3. The second-order valence-corrected chi connectivity index (χ2v) is 18.4. The molecule has 1 aromatic heterocycles. The normalized spacial score (nSPS) is 46.2. The third kappa shape index (κ3) is 4.58. The zero-order valence-corrected chi connectivity index (χ0v) is 29.9. The number of carboxylic acid groups (broad SMARTS) is 1. The molecule has 1 saturated heterocycles. The molecule has 1 aromatic rings. The molecule has 0 radical (unpaired) electrons. The van der Waals surface area contributed by atoms with Gasteiger partial charge in [-0.05, 0) is 96.5 Å². The third-order valence-corrected chi connectivity index (χ3v) is 16.0. The van der Waals surface area contributed by atoms with E-state index >= 15 is 0 Å². The fraction of sp³-hybridized carbons (Fsp3) is 0.892. The van der Waals surface area contributed by atoms with Crippen LogP contribution in [-0.4, -0.2) is 62.7 Å². The number of nitrogen functional groups attached to an aromatic ring is 1. The number of hydrogen-bond donors (Lipinski definition) is 3. The van der Waals surface area contributed by atoms with Crippen LogP contribution < -0.4 is 11.5 Å². The van der Waals surface area contributed by atoms with Crippen molar-refractivity contribution in [1.82, 2.24) is 20.2 Å². The summed E-state index contributed by atoms with van der Waals surface area (Å²) in [6.07, 6.45) is 12.2. The van der Waals surface area contributed by atoms with Crippen LogP contribution in [0.15, 0.2) is 11.6 Å². The highest BCUT2D eigenvalue weighted by Gasteiger charge is 2.72. The molecular weight excluding hydrogens is 592 g/mol. The van der Waals surface area contributed by atoms with Crippen molar-refractivity contribution in [3.8, 4) is 0 Å². The van der Waals surface area contributed by atoms with Crippen molar-refractivity contribution < 1.29 is 19.4 Å². The number of anilines is 1. The lowest BCUT2D eigenvalue weighted by Crippen LogP contribution is -2.69. The molecule has 6 aliphatic rings. The predicted molar refractivity (Wildman–Crippen MR) is 180 cm³/mol. The third-order valence-electron chi connectivity index (χ3n) is 16.0. The number of aliphatic carboxylic acids is 1. The van der Waals surface area contributed by atoms with Gasteiger partial charge in [-0.15, -0.1) is 5.10 Å². The molecule has 0 spiro atoms. The summed E-state index contributed by atoms with van der Waals surface area (Å²) < 4.78 is 13.7. The number of ether oxygens (including phenoxy) is 2. The standard InChI is InChI=1S/C37H60N6O4/c1-22(2)23(3)32(4)16-17-34(6)24-10-11-27-33(5)19-46-21-37(27,25(24)12-15-35(34,7)28(32)30(44)45)18-26(43-41-31(38)40-42-43)29(33)47-20-36(39)13-8-9-14-36/h12,22-24,26-29H,8-11,13-21,39H2,1-7H3,(H2,38,41)(H,44,45)/t23-,24+,26-,27+,28-,29+,32-,33?,34-,35+,37+/m1/s1. The predicted octanol–water partition coefficient (Wildman–Crippen LogP) is 6.04. The van der Waals surface area contributed by atoms with Crippen molar-refractivity contribution in [3.05, 3.63) is 11.6 Å². The fourth-order valence-corrected chi connectivity index (χ4v) is 13.0. The molecule has 10 heteroatoms. The monoisotopic (exact) mass is 652 g/mol. The van der Waals surface area contributed by atoms with Crippen LogP contribution in [0, 0.1) is 56.7 Å². The molecule has 262 valence electrons. The van der Waals surface area contributed by atoms with Crippen molar-refractivity contribution in [3.63, 3.8) is 0 Å². The second kappa shape index (κ2) is 11.0. The topological polar surface area (TPSA) is 151 Å². The van der Waals surface area contributed by atoms with Gasteiger partial charge < -0.3 is 26.0 Å². The number of rotatable bonds is 7. The average Bonchev–Trinajstić information content (AvgIpc) is 3.64. The maximum atomic E-state index is 13.4. The van der Waals surface area contributed by atoms with E-state index in [1.54, 1.807) is 4.80 Å². The molecule has 5 N–H and O–H groups in total. The first-order valence-electron chi connectivity index (χ1n) is 18.5. The number of hydrogen-bond acceptors (Lipinski definition) is 8. The van der Waals surface area contributed by atoms with E-state index in [1.165, 1.54) is 5.57 Å². The van der Waals surface area contributed by atoms with Crippen LogP contribution in [0.1, 0.15) is 119 Å². The summed E-state index contributed by atoms with van der Waals surface area (Å²) in [6.45, 7) is 17.9. The van der Waals surface area contributed by atoms with Crippen molar-refractivity contribution in [2.45, 2.75) is 130 Å². The highest BCUT2D eigenvalue weighted by Crippen LogP contribution is 2.75. The van der Waals surface area contributed by atoms with E-state index in [-0.39, 0.29) is 50.7 Å². The van der Waals surface area contributed by atoms with Crippen molar-refractivity contribution in [1.29, 1.82) is 0 Å². The number of aromatic nitrogens is 4. The molecule has 10 nitrogen and oxygen atoms in total. The molecule has 0 aromatic carbocycles. The Morgan fingerprint density at radius 3 is 2.45 bits per heavy atom. The largest absolute Gasteiger partial charge is 0.481 e. The number of allylic oxidation sites excluding steroid dienone is 1. The molecule has 7 rings (SSSR count). The SMILES string of the molecule is CC(C)[C@@H](C)[C@@]1(C)CC[C@]2(C)[C@H]3CC[C@H]4C5(C)COC[C@@]4(C[C@@H](n4nnc(N)n4)[C@@H]5OCC4(N)CCCC4)C3=CC[C@@]2(C)[C@@H]1C(=O)O. The zero-order valence-electron chi connectivity index (χ0n) is 29.9. The van der Waals surface area contributed by atoms with Gasteiger partial charge in [-0.3, -0.25) is 4.79 Å². The summed E-state index contributed by atoms with van der Waals surface area (Å²) in [5, 5.41) is 24.2. The van der Waals surface area contributed by atoms with Gasteiger partial charge in [0.2, 0.25) is 0 Å². The van der Waals surface area contributed by atoms with Gasteiger partial charge in [0, 0.05) is 16.4 Å². The van der Waals surface area contributed by atoms with Crippen LogP contribution >= 0.6 is 0 Å². The number of carbonyl (C=O) groups is 1. The van der Waals surface area contributed by atoms with Gasteiger partial charge in [-0.25, -0.2) is 0 Å². The first-order valence-corrected chi connectivity index (χ1v) is 18.5. The van der Waals surface area contributed by atoms with E-state index in [4.69, 9.17) is 20.9 Å². The highest BCUT2D eigenvalue weighted by molar-refractivity contribution is 5.73. The van der Waals surface area contributed by atoms with Crippen molar-refractivity contribution in [2.75, 3.05) is 25.6 Å². The van der Waals surface area contributed by atoms with Crippen LogP contribution in [0.2, 0.25) is 0 Å². The van der Waals surface area contributed by atoms with E-state index in [9.17, 15) is 9.90 Å². The van der Waals surface area contributed by atoms with Gasteiger partial charge in [-0.2, -0.15) is 4.80 Å². The minimum Gasteiger partial charge on any atom is -0.481 e. The van der Waals surface area contributed by atoms with Gasteiger partial charge in [0.25, 0.3) is 5.95 Å². The van der Waals surface area contributed by atoms with Gasteiger partial charge in [-0.1, -0.05) is 78.1 Å². The summed E-state index contributed by atoms with van der Waals surface area (Å²) in [6, 6.07) is -0.163. The summed E-state index contributed by atoms with van der Waals surface area (Å²) in [4.78, 5) is 15.1. The first-order chi connectivity index (χ1) is 22.0. The summed E-state index contributed by atoms with van der Waals surface area (Å²) in [7, 11) is 0. The Morgan fingerprint density at radius 1 is 1.09 bits per heavy atom. The van der Waals surface area contributed by atoms with Crippen LogP contribution in [0.5, 0.6) is 0 Å². The Balaban J connectivity index is 1.30. The van der Waals surface area contributed by atoms with Crippen molar-refractivity contribution in [2.24, 2.45) is 62.4 Å². The fourth-order valence-electron chi connectivity index (χ4n) is 13.0. The smallest absolute Gasteiger partial charge is 0.307 e. The molecule has 5 aliphatic carbocycles. The van der Waals surface area contributed by atoms with Crippen LogP contribution in [0.3, 0.4) is 0 Å². The molecule has 5 fully saturated rings. The number of carboxylic acids is 1. The molecule has 11 atom stereocenters. The molecule has 0 amide bonds. The van der Waals surface area contributed by atoms with Gasteiger partial charge in [0.1, 0.15) is 6.04 Å². The van der Waals surface area contributed by atoms with Crippen LogP contribution in [0.25, 0.3) is 0 Å².